The Balaban J connectivity index is 1.68. The molecule has 1 saturated carbocycles. The molecule has 0 radical (unpaired) electrons. The van der Waals surface area contributed by atoms with Crippen molar-refractivity contribution < 1.29 is 18.7 Å². The van der Waals surface area contributed by atoms with Crippen molar-refractivity contribution in [3.8, 4) is 5.75 Å². The van der Waals surface area contributed by atoms with Gasteiger partial charge < -0.3 is 20.1 Å². The van der Waals surface area contributed by atoms with Crippen LogP contribution in [0.15, 0.2) is 12.1 Å². The van der Waals surface area contributed by atoms with E-state index in [-0.39, 0.29) is 23.4 Å². The van der Waals surface area contributed by atoms with Crippen molar-refractivity contribution in [3.63, 3.8) is 0 Å². The lowest BCUT2D eigenvalue weighted by atomic mass is 9.90. The molecule has 1 aliphatic heterocycles. The van der Waals surface area contributed by atoms with Crippen molar-refractivity contribution in [1.29, 1.82) is 0 Å². The van der Waals surface area contributed by atoms with E-state index in [1.807, 2.05) is 6.92 Å². The number of aryl methyl sites for hydroxylation is 1. The molecule has 2 N–H and O–H groups in total. The molecule has 23 heavy (non-hydrogen) atoms. The van der Waals surface area contributed by atoms with Gasteiger partial charge >= 0.3 is 6.03 Å². The van der Waals surface area contributed by atoms with Gasteiger partial charge in [0, 0.05) is 18.4 Å². The fourth-order valence-corrected chi connectivity index (χ4v) is 3.27. The number of hydrogen-bond acceptors (Lipinski definition) is 3. The highest BCUT2D eigenvalue weighted by Gasteiger charge is 2.49. The summed E-state index contributed by atoms with van der Waals surface area (Å²) in [5.41, 5.74) is 0.806. The lowest BCUT2D eigenvalue weighted by molar-refractivity contribution is 0.0597. The molecule has 2 amide bonds. The molecule has 2 fully saturated rings. The molecule has 0 bridgehead atoms. The standard InChI is InChI=1S/C17H23FN2O3/c1-10-8-14(22-3)12(18)9-13(10)19-16(21)20-17(2)6-7-23-15(17)11-4-5-11/h8-9,11,15H,4-7H2,1-3H3,(H2,19,20,21). The number of methoxy groups -OCH3 is 1. The third-order valence-electron chi connectivity index (χ3n) is 4.74. The number of urea groups is 1. The minimum absolute atomic E-state index is 0.0713. The zero-order chi connectivity index (χ0) is 16.6. The van der Waals surface area contributed by atoms with Crippen molar-refractivity contribution in [2.45, 2.75) is 44.8 Å². The second kappa shape index (κ2) is 6.00. The van der Waals surface area contributed by atoms with Gasteiger partial charge in [-0.2, -0.15) is 0 Å². The first-order valence-corrected chi connectivity index (χ1v) is 7.98. The minimum Gasteiger partial charge on any atom is -0.494 e. The van der Waals surface area contributed by atoms with Crippen LogP contribution in [0.3, 0.4) is 0 Å². The maximum atomic E-state index is 13.8. The van der Waals surface area contributed by atoms with E-state index in [1.54, 1.807) is 13.0 Å². The van der Waals surface area contributed by atoms with Crippen LogP contribution >= 0.6 is 0 Å². The van der Waals surface area contributed by atoms with Gasteiger partial charge in [0.2, 0.25) is 0 Å². The van der Waals surface area contributed by atoms with Crippen LogP contribution in [0.25, 0.3) is 0 Å². The number of benzene rings is 1. The Morgan fingerprint density at radius 1 is 1.43 bits per heavy atom. The first kappa shape index (κ1) is 16.1. The number of halogens is 1. The molecule has 1 aromatic rings. The zero-order valence-electron chi connectivity index (χ0n) is 13.7. The largest absolute Gasteiger partial charge is 0.494 e. The van der Waals surface area contributed by atoms with Crippen LogP contribution in [-0.2, 0) is 4.74 Å². The van der Waals surface area contributed by atoms with Crippen molar-refractivity contribution >= 4 is 11.7 Å². The molecule has 1 aliphatic carbocycles. The van der Waals surface area contributed by atoms with Crippen LogP contribution in [0.1, 0.15) is 31.7 Å². The van der Waals surface area contributed by atoms with Gasteiger partial charge in [-0.25, -0.2) is 9.18 Å². The molecular weight excluding hydrogens is 299 g/mol. The van der Waals surface area contributed by atoms with Crippen molar-refractivity contribution in [2.24, 2.45) is 5.92 Å². The van der Waals surface area contributed by atoms with Crippen molar-refractivity contribution in [3.05, 3.63) is 23.5 Å². The molecule has 3 rings (SSSR count). The van der Waals surface area contributed by atoms with Gasteiger partial charge in [0.05, 0.1) is 18.8 Å². The Morgan fingerprint density at radius 3 is 2.83 bits per heavy atom. The highest BCUT2D eigenvalue weighted by atomic mass is 19.1. The minimum atomic E-state index is -0.500. The predicted molar refractivity (Wildman–Crippen MR) is 85.3 cm³/mol. The number of ether oxygens (including phenoxy) is 2. The summed E-state index contributed by atoms with van der Waals surface area (Å²) < 4.78 is 24.6. The number of rotatable bonds is 4. The fourth-order valence-electron chi connectivity index (χ4n) is 3.27. The maximum absolute atomic E-state index is 13.8. The van der Waals surface area contributed by atoms with Gasteiger partial charge in [-0.05, 0) is 50.7 Å². The van der Waals surface area contributed by atoms with Gasteiger partial charge in [-0.1, -0.05) is 0 Å². The van der Waals surface area contributed by atoms with Gasteiger partial charge in [-0.3, -0.25) is 0 Å². The normalized spacial score (nSPS) is 26.9. The summed E-state index contributed by atoms with van der Waals surface area (Å²) in [6.07, 6.45) is 3.18. The molecule has 0 aromatic heterocycles. The van der Waals surface area contributed by atoms with Gasteiger partial charge in [0.25, 0.3) is 0 Å². The lowest BCUT2D eigenvalue weighted by Crippen LogP contribution is -2.53. The molecule has 2 aliphatic rings. The molecule has 1 saturated heterocycles. The number of carbonyl (C=O) groups excluding carboxylic acids is 1. The topological polar surface area (TPSA) is 59.6 Å². The molecule has 0 spiro atoms. The van der Waals surface area contributed by atoms with E-state index in [2.05, 4.69) is 10.6 Å². The van der Waals surface area contributed by atoms with Crippen LogP contribution in [0, 0.1) is 18.7 Å². The first-order chi connectivity index (χ1) is 10.9. The smallest absolute Gasteiger partial charge is 0.319 e. The van der Waals surface area contributed by atoms with Crippen molar-refractivity contribution in [2.75, 3.05) is 19.0 Å². The van der Waals surface area contributed by atoms with E-state index in [9.17, 15) is 9.18 Å². The maximum Gasteiger partial charge on any atom is 0.319 e. The summed E-state index contributed by atoms with van der Waals surface area (Å²) in [4.78, 5) is 12.3. The first-order valence-electron chi connectivity index (χ1n) is 7.98. The molecular formula is C17H23FN2O3. The Bertz CT molecular complexity index is 618. The molecule has 1 aromatic carbocycles. The van der Waals surface area contributed by atoms with E-state index in [0.29, 0.717) is 18.2 Å². The molecule has 2 atom stereocenters. The van der Waals surface area contributed by atoms with Crippen LogP contribution in [0.4, 0.5) is 14.9 Å². The number of carbonyl (C=O) groups is 1. The summed E-state index contributed by atoms with van der Waals surface area (Å²) in [5, 5.41) is 5.75. The number of amides is 2. The number of nitrogens with one attached hydrogen (secondary N) is 2. The molecule has 126 valence electrons. The highest BCUT2D eigenvalue weighted by molar-refractivity contribution is 5.90. The van der Waals surface area contributed by atoms with E-state index in [0.717, 1.165) is 24.8 Å². The number of hydrogen-bond donors (Lipinski definition) is 2. The Hall–Kier alpha value is -1.82. The Kier molecular flexibility index (Phi) is 4.19. The summed E-state index contributed by atoms with van der Waals surface area (Å²) in [7, 11) is 1.41. The van der Waals surface area contributed by atoms with Crippen molar-refractivity contribution in [1.82, 2.24) is 5.32 Å². The van der Waals surface area contributed by atoms with Gasteiger partial charge in [-0.15, -0.1) is 0 Å². The average molecular weight is 322 g/mol. The summed E-state index contributed by atoms with van der Waals surface area (Å²) in [5.74, 6) is 0.209. The summed E-state index contributed by atoms with van der Waals surface area (Å²) >= 11 is 0. The summed E-state index contributed by atoms with van der Waals surface area (Å²) in [6.45, 7) is 4.48. The molecule has 5 nitrogen and oxygen atoms in total. The van der Waals surface area contributed by atoms with E-state index >= 15 is 0 Å². The Labute approximate surface area is 135 Å². The number of anilines is 1. The second-order valence-electron chi connectivity index (χ2n) is 6.68. The second-order valence-corrected chi connectivity index (χ2v) is 6.68. The quantitative estimate of drug-likeness (QED) is 0.895. The van der Waals surface area contributed by atoms with E-state index < -0.39 is 5.82 Å². The van der Waals surface area contributed by atoms with Crippen LogP contribution in [-0.4, -0.2) is 31.4 Å². The van der Waals surface area contributed by atoms with E-state index in [1.165, 1.54) is 13.2 Å². The van der Waals surface area contributed by atoms with Crippen LogP contribution in [0.2, 0.25) is 0 Å². The van der Waals surface area contributed by atoms with Gasteiger partial charge in [0.1, 0.15) is 0 Å². The Morgan fingerprint density at radius 2 is 2.17 bits per heavy atom. The fraction of sp³-hybridized carbons (Fsp3) is 0.588. The van der Waals surface area contributed by atoms with Gasteiger partial charge in [0.15, 0.2) is 11.6 Å². The molecule has 1 heterocycles. The molecule has 2 unspecified atom stereocenters. The third kappa shape index (κ3) is 3.27. The third-order valence-corrected chi connectivity index (χ3v) is 4.74. The lowest BCUT2D eigenvalue weighted by Gasteiger charge is -2.31. The SMILES string of the molecule is COc1cc(C)c(NC(=O)NC2(C)CCOC2C2CC2)cc1F. The van der Waals surface area contributed by atoms with Crippen LogP contribution < -0.4 is 15.4 Å². The monoisotopic (exact) mass is 322 g/mol. The highest BCUT2D eigenvalue weighted by Crippen LogP contribution is 2.43. The average Bonchev–Trinajstić information content (AvgIpc) is 3.25. The van der Waals surface area contributed by atoms with E-state index in [4.69, 9.17) is 9.47 Å². The molecule has 6 heteroatoms. The van der Waals surface area contributed by atoms with Crippen LogP contribution in [0.5, 0.6) is 5.75 Å². The summed E-state index contributed by atoms with van der Waals surface area (Å²) in [6, 6.07) is 2.51. The zero-order valence-corrected chi connectivity index (χ0v) is 13.7. The predicted octanol–water partition coefficient (Wildman–Crippen LogP) is 3.22.